The van der Waals surface area contributed by atoms with Crippen LogP contribution in [0, 0.1) is 0 Å². The average molecular weight is 399 g/mol. The number of carbonyl (C=O) groups excluding carboxylic acids is 1. The van der Waals surface area contributed by atoms with Crippen molar-refractivity contribution in [2.45, 2.75) is 31.2 Å². The number of likely N-dealkylation sites (tertiary alicyclic amines) is 1. The predicted molar refractivity (Wildman–Crippen MR) is 108 cm³/mol. The number of nitrogens with one attached hydrogen (secondary N) is 1. The number of nitrogens with zero attached hydrogens (tertiary/aromatic N) is 4. The topological polar surface area (TPSA) is 83.7 Å². The lowest BCUT2D eigenvalue weighted by Gasteiger charge is -2.31. The van der Waals surface area contributed by atoms with Crippen molar-refractivity contribution < 1.29 is 14.1 Å². The Morgan fingerprint density at radius 1 is 1.31 bits per heavy atom. The first-order valence-corrected chi connectivity index (χ1v) is 10.4. The molecule has 8 nitrogen and oxygen atoms in total. The molecule has 156 valence electrons. The number of ether oxygens (including phenoxy) is 1. The van der Waals surface area contributed by atoms with Gasteiger partial charge in [-0.15, -0.1) is 0 Å². The van der Waals surface area contributed by atoms with Crippen molar-refractivity contribution in [3.63, 3.8) is 0 Å². The summed E-state index contributed by atoms with van der Waals surface area (Å²) in [5, 5.41) is 7.61. The third kappa shape index (κ3) is 4.94. The Morgan fingerprint density at radius 3 is 3.00 bits per heavy atom. The molecule has 2 aliphatic heterocycles. The van der Waals surface area contributed by atoms with Gasteiger partial charge < -0.3 is 19.5 Å². The number of benzene rings is 1. The second-order valence-electron chi connectivity index (χ2n) is 7.78. The molecular formula is C21H29N5O3. The maximum atomic E-state index is 12.6. The Labute approximate surface area is 171 Å². The number of hydrogen-bond acceptors (Lipinski definition) is 7. The van der Waals surface area contributed by atoms with Gasteiger partial charge in [0, 0.05) is 32.7 Å². The van der Waals surface area contributed by atoms with Crippen molar-refractivity contribution >= 4 is 5.91 Å². The lowest BCUT2D eigenvalue weighted by molar-refractivity contribution is -0.133. The second kappa shape index (κ2) is 9.37. The number of likely N-dealkylation sites (N-methyl/N-ethyl adjacent to an activating group) is 1. The summed E-state index contributed by atoms with van der Waals surface area (Å²) >= 11 is 0. The van der Waals surface area contributed by atoms with Crippen LogP contribution in [0.1, 0.15) is 42.9 Å². The van der Waals surface area contributed by atoms with E-state index in [1.165, 1.54) is 0 Å². The summed E-state index contributed by atoms with van der Waals surface area (Å²) in [6.07, 6.45) is 2.28. The highest BCUT2D eigenvalue weighted by Gasteiger charge is 2.31. The van der Waals surface area contributed by atoms with E-state index in [2.05, 4.69) is 27.4 Å². The van der Waals surface area contributed by atoms with Crippen molar-refractivity contribution in [3.8, 4) is 5.75 Å². The zero-order valence-electron chi connectivity index (χ0n) is 16.9. The minimum atomic E-state index is 0.103. The van der Waals surface area contributed by atoms with Gasteiger partial charge in [0.15, 0.2) is 5.82 Å². The molecule has 1 N–H and O–H groups in total. The van der Waals surface area contributed by atoms with E-state index < -0.39 is 0 Å². The molecule has 3 heterocycles. The molecule has 2 fully saturated rings. The zero-order chi connectivity index (χ0) is 20.1. The Balaban J connectivity index is 1.30. The molecule has 2 unspecified atom stereocenters. The standard InChI is InChI=1S/C21H29N5O3/c1-25-12-10-22-14-18(25)20-23-21(29-24-20)16-6-5-11-26(15-16)19(27)9-13-28-17-7-3-2-4-8-17/h2-4,7-8,16,18,22H,5-6,9-15H2,1H3. The third-order valence-electron chi connectivity index (χ3n) is 5.72. The highest BCUT2D eigenvalue weighted by Crippen LogP contribution is 2.28. The summed E-state index contributed by atoms with van der Waals surface area (Å²) in [4.78, 5) is 21.5. The van der Waals surface area contributed by atoms with Crippen molar-refractivity contribution in [1.29, 1.82) is 0 Å². The fourth-order valence-corrected chi connectivity index (χ4v) is 3.98. The highest BCUT2D eigenvalue weighted by atomic mass is 16.5. The molecule has 1 amide bonds. The van der Waals surface area contributed by atoms with E-state index in [9.17, 15) is 4.79 Å². The number of piperidine rings is 1. The fraction of sp³-hybridized carbons (Fsp3) is 0.571. The van der Waals surface area contributed by atoms with Gasteiger partial charge in [-0.3, -0.25) is 9.69 Å². The van der Waals surface area contributed by atoms with Gasteiger partial charge in [0.2, 0.25) is 11.8 Å². The number of aromatic nitrogens is 2. The van der Waals surface area contributed by atoms with E-state index >= 15 is 0 Å². The van der Waals surface area contributed by atoms with Crippen molar-refractivity contribution in [2.24, 2.45) is 0 Å². The quantitative estimate of drug-likeness (QED) is 0.793. The van der Waals surface area contributed by atoms with Crippen LogP contribution in [0.4, 0.5) is 0 Å². The SMILES string of the molecule is CN1CCNCC1c1noc(C2CCCN(C(=O)CCOc3ccccc3)C2)n1. The molecule has 8 heteroatoms. The van der Waals surface area contributed by atoms with Crippen molar-refractivity contribution in [3.05, 3.63) is 42.0 Å². The molecule has 4 rings (SSSR count). The Bertz CT molecular complexity index is 797. The monoisotopic (exact) mass is 399 g/mol. The molecule has 0 saturated carbocycles. The summed E-state index contributed by atoms with van der Waals surface area (Å²) in [5.41, 5.74) is 0. The number of hydrogen-bond donors (Lipinski definition) is 1. The largest absolute Gasteiger partial charge is 0.493 e. The minimum absolute atomic E-state index is 0.103. The number of carbonyl (C=O) groups is 1. The summed E-state index contributed by atoms with van der Waals surface area (Å²) < 4.78 is 11.3. The van der Waals surface area contributed by atoms with Crippen LogP contribution < -0.4 is 10.1 Å². The van der Waals surface area contributed by atoms with Crippen LogP contribution in [0.3, 0.4) is 0 Å². The van der Waals surface area contributed by atoms with E-state index in [1.807, 2.05) is 35.2 Å². The average Bonchev–Trinajstić information content (AvgIpc) is 3.25. The Kier molecular flexibility index (Phi) is 6.41. The molecule has 2 atom stereocenters. The molecule has 0 bridgehead atoms. The molecular weight excluding hydrogens is 370 g/mol. The van der Waals surface area contributed by atoms with Crippen LogP contribution in [-0.2, 0) is 4.79 Å². The number of piperazine rings is 1. The van der Waals surface area contributed by atoms with Gasteiger partial charge in [-0.25, -0.2) is 0 Å². The fourth-order valence-electron chi connectivity index (χ4n) is 3.98. The number of para-hydroxylation sites is 1. The van der Waals surface area contributed by atoms with E-state index in [4.69, 9.17) is 9.26 Å². The maximum Gasteiger partial charge on any atom is 0.231 e. The minimum Gasteiger partial charge on any atom is -0.493 e. The molecule has 1 aromatic heterocycles. The van der Waals surface area contributed by atoms with Crippen LogP contribution in [-0.4, -0.2) is 72.2 Å². The first-order chi connectivity index (χ1) is 14.2. The molecule has 0 aliphatic carbocycles. The van der Waals surface area contributed by atoms with Gasteiger partial charge in [0.1, 0.15) is 5.75 Å². The van der Waals surface area contributed by atoms with Crippen LogP contribution in [0.15, 0.2) is 34.9 Å². The van der Waals surface area contributed by atoms with Crippen molar-refractivity contribution in [1.82, 2.24) is 25.3 Å². The van der Waals surface area contributed by atoms with E-state index in [-0.39, 0.29) is 17.9 Å². The first kappa shape index (κ1) is 19.8. The smallest absolute Gasteiger partial charge is 0.231 e. The van der Waals surface area contributed by atoms with Crippen LogP contribution >= 0.6 is 0 Å². The molecule has 2 aromatic rings. The molecule has 2 saturated heterocycles. The van der Waals surface area contributed by atoms with Crippen LogP contribution in [0.5, 0.6) is 5.75 Å². The van der Waals surface area contributed by atoms with Gasteiger partial charge >= 0.3 is 0 Å². The lowest BCUT2D eigenvalue weighted by atomic mass is 9.97. The number of rotatable bonds is 6. The van der Waals surface area contributed by atoms with E-state index in [0.29, 0.717) is 25.5 Å². The van der Waals surface area contributed by atoms with Crippen LogP contribution in [0.25, 0.3) is 0 Å². The molecule has 2 aliphatic rings. The second-order valence-corrected chi connectivity index (χ2v) is 7.78. The predicted octanol–water partition coefficient (Wildman–Crippen LogP) is 1.82. The summed E-state index contributed by atoms with van der Waals surface area (Å²) in [6, 6.07) is 9.72. The normalized spacial score (nSPS) is 23.1. The van der Waals surface area contributed by atoms with Crippen molar-refractivity contribution in [2.75, 3.05) is 46.4 Å². The zero-order valence-corrected chi connectivity index (χ0v) is 16.9. The molecule has 29 heavy (non-hydrogen) atoms. The lowest BCUT2D eigenvalue weighted by Crippen LogP contribution is -2.44. The molecule has 0 spiro atoms. The van der Waals surface area contributed by atoms with Gasteiger partial charge in [-0.2, -0.15) is 4.98 Å². The first-order valence-electron chi connectivity index (χ1n) is 10.4. The van der Waals surface area contributed by atoms with E-state index in [1.54, 1.807) is 0 Å². The van der Waals surface area contributed by atoms with Gasteiger partial charge in [0.25, 0.3) is 0 Å². The van der Waals surface area contributed by atoms with Gasteiger partial charge in [-0.05, 0) is 32.0 Å². The summed E-state index contributed by atoms with van der Waals surface area (Å²) in [7, 11) is 2.08. The molecule has 0 radical (unpaired) electrons. The van der Waals surface area contributed by atoms with Gasteiger partial charge in [0.05, 0.1) is 25.0 Å². The maximum absolute atomic E-state index is 12.6. The summed E-state index contributed by atoms with van der Waals surface area (Å²) in [5.74, 6) is 2.39. The third-order valence-corrected chi connectivity index (χ3v) is 5.72. The Hall–Kier alpha value is -2.45. The summed E-state index contributed by atoms with van der Waals surface area (Å²) in [6.45, 7) is 4.56. The Morgan fingerprint density at radius 2 is 2.17 bits per heavy atom. The highest BCUT2D eigenvalue weighted by molar-refractivity contribution is 5.76. The van der Waals surface area contributed by atoms with Crippen LogP contribution in [0.2, 0.25) is 0 Å². The molecule has 1 aromatic carbocycles. The number of amides is 1. The van der Waals surface area contributed by atoms with Gasteiger partial charge in [-0.1, -0.05) is 23.4 Å². The van der Waals surface area contributed by atoms with E-state index in [0.717, 1.165) is 50.6 Å².